The van der Waals surface area contributed by atoms with Crippen LogP contribution in [0.3, 0.4) is 0 Å². The lowest BCUT2D eigenvalue weighted by molar-refractivity contribution is 0.901. The normalized spacial score (nSPS) is 14.5. The summed E-state index contributed by atoms with van der Waals surface area (Å²) in [6.45, 7) is 0. The SMILES string of the molecule is Cn1c(-c2cc3c(s2)CCC3)n[nH]c1=S. The lowest BCUT2D eigenvalue weighted by Crippen LogP contribution is -1.90. The monoisotopic (exact) mass is 237 g/mol. The largest absolute Gasteiger partial charge is 0.303 e. The molecule has 1 aliphatic rings. The molecule has 2 heterocycles. The minimum absolute atomic E-state index is 0.679. The molecule has 0 unspecified atom stereocenters. The summed E-state index contributed by atoms with van der Waals surface area (Å²) in [5.74, 6) is 0.958. The number of hydrogen-bond donors (Lipinski definition) is 1. The van der Waals surface area contributed by atoms with Crippen LogP contribution in [0.4, 0.5) is 0 Å². The smallest absolute Gasteiger partial charge is 0.195 e. The first-order chi connectivity index (χ1) is 7.25. The zero-order valence-electron chi connectivity index (χ0n) is 8.41. The summed E-state index contributed by atoms with van der Waals surface area (Å²) in [7, 11) is 1.95. The fraction of sp³-hybridized carbons (Fsp3) is 0.400. The van der Waals surface area contributed by atoms with Crippen molar-refractivity contribution in [3.8, 4) is 10.7 Å². The first-order valence-corrected chi connectivity index (χ1v) is 6.21. The molecule has 0 saturated heterocycles. The third-order valence-corrected chi connectivity index (χ3v) is 4.44. The minimum atomic E-state index is 0.679. The molecule has 3 nitrogen and oxygen atoms in total. The molecule has 2 aromatic rings. The maximum atomic E-state index is 5.11. The summed E-state index contributed by atoms with van der Waals surface area (Å²) in [5, 5.41) is 7.08. The molecule has 15 heavy (non-hydrogen) atoms. The number of hydrogen-bond acceptors (Lipinski definition) is 3. The number of thiophene rings is 1. The van der Waals surface area contributed by atoms with Crippen LogP contribution in [-0.2, 0) is 19.9 Å². The first-order valence-electron chi connectivity index (χ1n) is 4.99. The molecule has 0 radical (unpaired) electrons. The highest BCUT2D eigenvalue weighted by molar-refractivity contribution is 7.71. The molecule has 0 aliphatic heterocycles. The number of rotatable bonds is 1. The lowest BCUT2D eigenvalue weighted by Gasteiger charge is -1.95. The van der Waals surface area contributed by atoms with Crippen molar-refractivity contribution in [2.45, 2.75) is 19.3 Å². The second kappa shape index (κ2) is 3.28. The second-order valence-corrected chi connectivity index (χ2v) is 5.35. The van der Waals surface area contributed by atoms with E-state index in [4.69, 9.17) is 12.2 Å². The van der Waals surface area contributed by atoms with E-state index in [0.29, 0.717) is 4.77 Å². The number of nitrogens with one attached hydrogen (secondary N) is 1. The second-order valence-electron chi connectivity index (χ2n) is 3.82. The summed E-state index contributed by atoms with van der Waals surface area (Å²) in [4.78, 5) is 2.76. The van der Waals surface area contributed by atoms with Gasteiger partial charge in [-0.05, 0) is 43.1 Å². The molecular formula is C10H11N3S2. The van der Waals surface area contributed by atoms with Crippen molar-refractivity contribution in [3.63, 3.8) is 0 Å². The van der Waals surface area contributed by atoms with Crippen molar-refractivity contribution in [3.05, 3.63) is 21.3 Å². The quantitative estimate of drug-likeness (QED) is 0.774. The Balaban J connectivity index is 2.13. The molecule has 1 N–H and O–H groups in total. The van der Waals surface area contributed by atoms with Crippen molar-refractivity contribution >= 4 is 23.6 Å². The van der Waals surface area contributed by atoms with Gasteiger partial charge >= 0.3 is 0 Å². The molecule has 78 valence electrons. The van der Waals surface area contributed by atoms with Crippen LogP contribution < -0.4 is 0 Å². The highest BCUT2D eigenvalue weighted by Crippen LogP contribution is 2.35. The Labute approximate surface area is 96.8 Å². The van der Waals surface area contributed by atoms with Gasteiger partial charge in [-0.3, -0.25) is 5.10 Å². The predicted octanol–water partition coefficient (Wildman–Crippen LogP) is 2.69. The average molecular weight is 237 g/mol. The zero-order valence-corrected chi connectivity index (χ0v) is 10.0. The standard InChI is InChI=1S/C10H11N3S2/c1-13-9(11-12-10(13)14)8-5-6-3-2-4-7(6)15-8/h5H,2-4H2,1H3,(H,12,14). The Morgan fingerprint density at radius 3 is 3.07 bits per heavy atom. The number of H-pyrrole nitrogens is 1. The van der Waals surface area contributed by atoms with E-state index in [1.807, 2.05) is 23.0 Å². The van der Waals surface area contributed by atoms with Gasteiger partial charge in [0.15, 0.2) is 10.6 Å². The Hall–Kier alpha value is -0.940. The molecule has 0 bridgehead atoms. The molecule has 5 heteroatoms. The molecule has 1 aliphatic carbocycles. The average Bonchev–Trinajstić information content (AvgIpc) is 2.82. The first kappa shape index (κ1) is 9.30. The van der Waals surface area contributed by atoms with E-state index in [9.17, 15) is 0 Å². The van der Waals surface area contributed by atoms with E-state index in [-0.39, 0.29) is 0 Å². The van der Waals surface area contributed by atoms with Crippen LogP contribution in [0.25, 0.3) is 10.7 Å². The van der Waals surface area contributed by atoms with Crippen molar-refractivity contribution in [1.82, 2.24) is 14.8 Å². The molecule has 0 spiro atoms. The van der Waals surface area contributed by atoms with Gasteiger partial charge in [-0.1, -0.05) is 0 Å². The maximum absolute atomic E-state index is 5.11. The predicted molar refractivity (Wildman–Crippen MR) is 63.7 cm³/mol. The van der Waals surface area contributed by atoms with Crippen LogP contribution in [0.5, 0.6) is 0 Å². The fourth-order valence-corrected chi connectivity index (χ4v) is 3.42. The molecule has 3 rings (SSSR count). The van der Waals surface area contributed by atoms with Crippen molar-refractivity contribution < 1.29 is 0 Å². The van der Waals surface area contributed by atoms with Gasteiger partial charge < -0.3 is 4.57 Å². The van der Waals surface area contributed by atoms with Gasteiger partial charge in [0.1, 0.15) is 0 Å². The number of fused-ring (bicyclic) bond motifs is 1. The van der Waals surface area contributed by atoms with Crippen LogP contribution in [0.1, 0.15) is 16.9 Å². The molecular weight excluding hydrogens is 226 g/mol. The number of aromatic amines is 1. The van der Waals surface area contributed by atoms with Crippen molar-refractivity contribution in [2.75, 3.05) is 0 Å². The Morgan fingerprint density at radius 1 is 1.53 bits per heavy atom. The van der Waals surface area contributed by atoms with Gasteiger partial charge in [0.25, 0.3) is 0 Å². The topological polar surface area (TPSA) is 33.6 Å². The molecule has 0 amide bonds. The van der Waals surface area contributed by atoms with Crippen molar-refractivity contribution in [1.29, 1.82) is 0 Å². The molecule has 2 aromatic heterocycles. The van der Waals surface area contributed by atoms with Gasteiger partial charge in [0.2, 0.25) is 0 Å². The van der Waals surface area contributed by atoms with Crippen LogP contribution in [0.15, 0.2) is 6.07 Å². The van der Waals surface area contributed by atoms with Gasteiger partial charge in [0, 0.05) is 11.9 Å². The summed E-state index contributed by atoms with van der Waals surface area (Å²) < 4.78 is 2.61. The van der Waals surface area contributed by atoms with Crippen LogP contribution >= 0.6 is 23.6 Å². The molecule has 0 saturated carbocycles. The lowest BCUT2D eigenvalue weighted by atomic mass is 10.2. The van der Waals surface area contributed by atoms with E-state index in [0.717, 1.165) is 5.82 Å². The third-order valence-electron chi connectivity index (χ3n) is 2.85. The summed E-state index contributed by atoms with van der Waals surface area (Å²) in [6.07, 6.45) is 3.76. The van der Waals surface area contributed by atoms with Crippen LogP contribution in [-0.4, -0.2) is 14.8 Å². The summed E-state index contributed by atoms with van der Waals surface area (Å²) >= 11 is 6.96. The highest BCUT2D eigenvalue weighted by atomic mass is 32.1. The maximum Gasteiger partial charge on any atom is 0.195 e. The molecule has 0 aromatic carbocycles. The Bertz CT molecular complexity index is 540. The van der Waals surface area contributed by atoms with Crippen molar-refractivity contribution in [2.24, 2.45) is 7.05 Å². The van der Waals surface area contributed by atoms with Gasteiger partial charge in [-0.15, -0.1) is 11.3 Å². The summed E-state index contributed by atoms with van der Waals surface area (Å²) in [6, 6.07) is 2.26. The van der Waals surface area contributed by atoms with Crippen LogP contribution in [0.2, 0.25) is 0 Å². The van der Waals surface area contributed by atoms with Gasteiger partial charge in [0.05, 0.1) is 4.88 Å². The van der Waals surface area contributed by atoms with Gasteiger partial charge in [-0.2, -0.15) is 5.10 Å². The molecule has 0 fully saturated rings. The molecule has 0 atom stereocenters. The zero-order chi connectivity index (χ0) is 10.4. The number of nitrogens with zero attached hydrogens (tertiary/aromatic N) is 2. The number of aromatic nitrogens is 3. The fourth-order valence-electron chi connectivity index (χ4n) is 2.01. The highest BCUT2D eigenvalue weighted by Gasteiger charge is 2.17. The Morgan fingerprint density at radius 2 is 2.40 bits per heavy atom. The van der Waals surface area contributed by atoms with E-state index in [2.05, 4.69) is 16.3 Å². The van der Waals surface area contributed by atoms with E-state index in [1.165, 1.54) is 34.6 Å². The third kappa shape index (κ3) is 1.38. The minimum Gasteiger partial charge on any atom is -0.303 e. The van der Waals surface area contributed by atoms with E-state index < -0.39 is 0 Å². The van der Waals surface area contributed by atoms with Gasteiger partial charge in [-0.25, -0.2) is 0 Å². The van der Waals surface area contributed by atoms with E-state index >= 15 is 0 Å². The van der Waals surface area contributed by atoms with E-state index in [1.54, 1.807) is 0 Å². The number of aryl methyl sites for hydroxylation is 2. The summed E-state index contributed by atoms with van der Waals surface area (Å²) in [5.41, 5.74) is 1.50. The van der Waals surface area contributed by atoms with Crippen LogP contribution in [0, 0.1) is 4.77 Å². The Kier molecular flexibility index (Phi) is 2.03.